The Labute approximate surface area is 125 Å². The van der Waals surface area contributed by atoms with Gasteiger partial charge in [-0.25, -0.2) is 0 Å². The van der Waals surface area contributed by atoms with Gasteiger partial charge in [0.15, 0.2) is 0 Å². The average Bonchev–Trinajstić information content (AvgIpc) is 2.43. The van der Waals surface area contributed by atoms with Gasteiger partial charge in [-0.1, -0.05) is 19.1 Å². The molecule has 0 bridgehead atoms. The lowest BCUT2D eigenvalue weighted by Gasteiger charge is -2.20. The normalized spacial score (nSPS) is 10.9. The summed E-state index contributed by atoms with van der Waals surface area (Å²) in [6.07, 6.45) is 0.765. The molecule has 0 saturated carbocycles. The monoisotopic (exact) mass is 293 g/mol. The van der Waals surface area contributed by atoms with Crippen molar-refractivity contribution in [2.45, 2.75) is 33.2 Å². The van der Waals surface area contributed by atoms with Gasteiger partial charge in [-0.15, -0.1) is 0 Å². The minimum Gasteiger partial charge on any atom is -0.353 e. The van der Waals surface area contributed by atoms with Gasteiger partial charge in [0.05, 0.1) is 11.5 Å². The van der Waals surface area contributed by atoms with E-state index in [1.807, 2.05) is 20.8 Å². The van der Waals surface area contributed by atoms with Crippen LogP contribution >= 0.6 is 0 Å². The van der Waals surface area contributed by atoms with Gasteiger partial charge in [-0.3, -0.25) is 19.8 Å². The van der Waals surface area contributed by atoms with Crippen LogP contribution in [-0.4, -0.2) is 41.4 Å². The molecule has 0 fully saturated rings. The number of carbonyl (C=O) groups is 1. The Morgan fingerprint density at radius 3 is 2.43 bits per heavy atom. The third-order valence-corrected chi connectivity index (χ3v) is 3.13. The van der Waals surface area contributed by atoms with Crippen LogP contribution in [0.5, 0.6) is 0 Å². The second-order valence-corrected chi connectivity index (χ2v) is 5.26. The number of nitrogens with one attached hydrogen (secondary N) is 1. The molecule has 0 spiro atoms. The van der Waals surface area contributed by atoms with Gasteiger partial charge in [0.1, 0.15) is 0 Å². The summed E-state index contributed by atoms with van der Waals surface area (Å²) in [5.74, 6) is 0.0237. The Kier molecular flexibility index (Phi) is 6.81. The summed E-state index contributed by atoms with van der Waals surface area (Å²) < 4.78 is 0. The highest BCUT2D eigenvalue weighted by molar-refractivity contribution is 5.78. The van der Waals surface area contributed by atoms with E-state index in [-0.39, 0.29) is 17.6 Å². The molecule has 1 aromatic carbocycles. The minimum absolute atomic E-state index is 0.0237. The van der Waals surface area contributed by atoms with Crippen LogP contribution in [0.4, 0.5) is 5.69 Å². The number of benzene rings is 1. The first-order chi connectivity index (χ1) is 9.92. The molecule has 0 aliphatic rings. The third kappa shape index (κ3) is 6.35. The largest absolute Gasteiger partial charge is 0.353 e. The molecule has 21 heavy (non-hydrogen) atoms. The van der Waals surface area contributed by atoms with Gasteiger partial charge in [0, 0.05) is 24.7 Å². The first-order valence-corrected chi connectivity index (χ1v) is 7.17. The van der Waals surface area contributed by atoms with Gasteiger partial charge >= 0.3 is 0 Å². The van der Waals surface area contributed by atoms with Crippen LogP contribution < -0.4 is 5.32 Å². The Hall–Kier alpha value is -1.95. The molecular weight excluding hydrogens is 270 g/mol. The van der Waals surface area contributed by atoms with Crippen LogP contribution in [0.15, 0.2) is 24.3 Å². The molecule has 1 rings (SSSR count). The van der Waals surface area contributed by atoms with Crippen LogP contribution in [0.2, 0.25) is 0 Å². The van der Waals surface area contributed by atoms with Gasteiger partial charge in [-0.05, 0) is 32.4 Å². The fraction of sp³-hybridized carbons (Fsp3) is 0.533. The topological polar surface area (TPSA) is 75.5 Å². The second-order valence-electron chi connectivity index (χ2n) is 5.26. The molecule has 1 N–H and O–H groups in total. The SMILES string of the molecule is CCN(CCc1ccc([N+](=O)[O-])cc1)CC(=O)NC(C)C. The number of carbonyl (C=O) groups excluding carboxylic acids is 1. The third-order valence-electron chi connectivity index (χ3n) is 3.13. The zero-order valence-corrected chi connectivity index (χ0v) is 12.8. The summed E-state index contributed by atoms with van der Waals surface area (Å²) in [5, 5.41) is 13.5. The number of likely N-dealkylation sites (N-methyl/N-ethyl adjacent to an activating group) is 1. The number of nitrogens with zero attached hydrogens (tertiary/aromatic N) is 2. The number of amides is 1. The van der Waals surface area contributed by atoms with E-state index in [0.29, 0.717) is 6.54 Å². The summed E-state index contributed by atoms with van der Waals surface area (Å²) in [5.41, 5.74) is 1.13. The van der Waals surface area contributed by atoms with Crippen molar-refractivity contribution in [3.8, 4) is 0 Å². The van der Waals surface area contributed by atoms with E-state index in [9.17, 15) is 14.9 Å². The molecule has 116 valence electrons. The molecule has 1 amide bonds. The Balaban J connectivity index is 2.47. The van der Waals surface area contributed by atoms with Gasteiger partial charge in [0.25, 0.3) is 5.69 Å². The van der Waals surface area contributed by atoms with E-state index in [2.05, 4.69) is 10.2 Å². The first-order valence-electron chi connectivity index (χ1n) is 7.17. The maximum atomic E-state index is 11.7. The van der Waals surface area contributed by atoms with Gasteiger partial charge in [-0.2, -0.15) is 0 Å². The standard InChI is InChI=1S/C15H23N3O3/c1-4-17(11-15(19)16-12(2)3)10-9-13-5-7-14(8-6-13)18(20)21/h5-8,12H,4,9-11H2,1-3H3,(H,16,19). The summed E-state index contributed by atoms with van der Waals surface area (Å²) in [6, 6.07) is 6.69. The molecule has 1 aromatic rings. The van der Waals surface area contributed by atoms with Crippen molar-refractivity contribution in [3.63, 3.8) is 0 Å². The van der Waals surface area contributed by atoms with Gasteiger partial charge in [0.2, 0.25) is 5.91 Å². The minimum atomic E-state index is -0.404. The van der Waals surface area contributed by atoms with Crippen LogP contribution in [0.1, 0.15) is 26.3 Å². The van der Waals surface area contributed by atoms with E-state index in [1.54, 1.807) is 12.1 Å². The number of non-ortho nitro benzene ring substituents is 1. The van der Waals surface area contributed by atoms with Gasteiger partial charge < -0.3 is 5.32 Å². The molecule has 0 aromatic heterocycles. The molecular formula is C15H23N3O3. The zero-order chi connectivity index (χ0) is 15.8. The predicted molar refractivity (Wildman–Crippen MR) is 82.2 cm³/mol. The number of hydrogen-bond acceptors (Lipinski definition) is 4. The molecule has 6 nitrogen and oxygen atoms in total. The highest BCUT2D eigenvalue weighted by atomic mass is 16.6. The molecule has 0 aliphatic heterocycles. The van der Waals surface area contributed by atoms with E-state index < -0.39 is 4.92 Å². The fourth-order valence-corrected chi connectivity index (χ4v) is 1.99. The predicted octanol–water partition coefficient (Wildman–Crippen LogP) is 1.98. The maximum absolute atomic E-state index is 11.7. The van der Waals surface area contributed by atoms with Crippen LogP contribution in [0.25, 0.3) is 0 Å². The lowest BCUT2D eigenvalue weighted by Crippen LogP contribution is -2.40. The van der Waals surface area contributed by atoms with Crippen molar-refractivity contribution in [2.75, 3.05) is 19.6 Å². The lowest BCUT2D eigenvalue weighted by molar-refractivity contribution is -0.384. The molecule has 0 saturated heterocycles. The van der Waals surface area contributed by atoms with Crippen molar-refractivity contribution in [2.24, 2.45) is 0 Å². The highest BCUT2D eigenvalue weighted by Crippen LogP contribution is 2.12. The lowest BCUT2D eigenvalue weighted by atomic mass is 10.1. The van der Waals surface area contributed by atoms with Crippen LogP contribution in [0, 0.1) is 10.1 Å². The second kappa shape index (κ2) is 8.36. The average molecular weight is 293 g/mol. The van der Waals surface area contributed by atoms with Crippen molar-refractivity contribution >= 4 is 11.6 Å². The maximum Gasteiger partial charge on any atom is 0.269 e. The summed E-state index contributed by atoms with van der Waals surface area (Å²) >= 11 is 0. The highest BCUT2D eigenvalue weighted by Gasteiger charge is 2.10. The van der Waals surface area contributed by atoms with Crippen molar-refractivity contribution < 1.29 is 9.72 Å². The van der Waals surface area contributed by atoms with Crippen molar-refractivity contribution in [1.29, 1.82) is 0 Å². The molecule has 0 aliphatic carbocycles. The number of nitro groups is 1. The molecule has 0 atom stereocenters. The summed E-state index contributed by atoms with van der Waals surface area (Å²) in [6.45, 7) is 7.80. The Morgan fingerprint density at radius 2 is 1.95 bits per heavy atom. The van der Waals surface area contributed by atoms with E-state index in [4.69, 9.17) is 0 Å². The summed E-state index contributed by atoms with van der Waals surface area (Å²) in [4.78, 5) is 24.0. The molecule has 0 unspecified atom stereocenters. The fourth-order valence-electron chi connectivity index (χ4n) is 1.99. The first kappa shape index (κ1) is 17.1. The quantitative estimate of drug-likeness (QED) is 0.587. The Bertz CT molecular complexity index is 472. The van der Waals surface area contributed by atoms with E-state index in [0.717, 1.165) is 25.1 Å². The van der Waals surface area contributed by atoms with Crippen LogP contribution in [0.3, 0.4) is 0 Å². The number of rotatable bonds is 8. The molecule has 6 heteroatoms. The Morgan fingerprint density at radius 1 is 1.33 bits per heavy atom. The van der Waals surface area contributed by atoms with Crippen LogP contribution in [-0.2, 0) is 11.2 Å². The van der Waals surface area contributed by atoms with E-state index in [1.165, 1.54) is 12.1 Å². The van der Waals surface area contributed by atoms with Crippen molar-refractivity contribution in [3.05, 3.63) is 39.9 Å². The number of hydrogen-bond donors (Lipinski definition) is 1. The zero-order valence-electron chi connectivity index (χ0n) is 12.8. The smallest absolute Gasteiger partial charge is 0.269 e. The van der Waals surface area contributed by atoms with E-state index >= 15 is 0 Å². The summed E-state index contributed by atoms with van der Waals surface area (Å²) in [7, 11) is 0. The van der Waals surface area contributed by atoms with Crippen molar-refractivity contribution in [1.82, 2.24) is 10.2 Å². The molecule has 0 heterocycles. The molecule has 0 radical (unpaired) electrons. The number of nitro benzene ring substituents is 1.